The van der Waals surface area contributed by atoms with E-state index in [0.29, 0.717) is 18.4 Å². The number of sulfone groups is 1. The van der Waals surface area contributed by atoms with Crippen LogP contribution < -0.4 is 0 Å². The summed E-state index contributed by atoms with van der Waals surface area (Å²) in [5.74, 6) is -0.206. The Hall–Kier alpha value is -0.690. The van der Waals surface area contributed by atoms with Crippen molar-refractivity contribution in [3.63, 3.8) is 0 Å². The van der Waals surface area contributed by atoms with E-state index >= 15 is 0 Å². The lowest BCUT2D eigenvalue weighted by atomic mass is 10.2. The highest BCUT2D eigenvalue weighted by Gasteiger charge is 2.27. The number of carbonyl (C=O) groups excluding carboxylic acids is 1. The number of hydrogen-bond donors (Lipinski definition) is 0. The van der Waals surface area contributed by atoms with E-state index < -0.39 is 9.84 Å². The summed E-state index contributed by atoms with van der Waals surface area (Å²) in [6.07, 6.45) is 1.12. The summed E-state index contributed by atoms with van der Waals surface area (Å²) < 4.78 is 25.1. The Bertz CT molecular complexity index is 573. The molecule has 0 spiro atoms. The number of hydrogen-bond acceptors (Lipinski definition) is 3. The van der Waals surface area contributed by atoms with Crippen molar-refractivity contribution in [3.8, 4) is 0 Å². The average Bonchev–Trinajstić information content (AvgIpc) is 2.62. The molecular formula is C12H11IO3S. The van der Waals surface area contributed by atoms with Crippen molar-refractivity contribution in [2.75, 3.05) is 5.75 Å². The van der Waals surface area contributed by atoms with Gasteiger partial charge in [-0.25, -0.2) is 8.42 Å². The van der Waals surface area contributed by atoms with Crippen molar-refractivity contribution in [2.24, 2.45) is 0 Å². The summed E-state index contributed by atoms with van der Waals surface area (Å²) >= 11 is 2.06. The monoisotopic (exact) mass is 362 g/mol. The molecule has 0 unspecified atom stereocenters. The first kappa shape index (κ1) is 12.8. The van der Waals surface area contributed by atoms with Crippen LogP contribution in [0.25, 0.3) is 0 Å². The molecule has 0 radical (unpaired) electrons. The fourth-order valence-corrected chi connectivity index (χ4v) is 4.21. The zero-order valence-corrected chi connectivity index (χ0v) is 12.0. The smallest absolute Gasteiger partial charge is 0.182 e. The molecule has 5 heteroatoms. The Labute approximate surface area is 114 Å². The van der Waals surface area contributed by atoms with E-state index in [1.807, 2.05) is 0 Å². The molecule has 1 aromatic carbocycles. The topological polar surface area (TPSA) is 51.2 Å². The van der Waals surface area contributed by atoms with E-state index in [1.54, 1.807) is 30.3 Å². The van der Waals surface area contributed by atoms with Crippen molar-refractivity contribution in [1.82, 2.24) is 0 Å². The second kappa shape index (κ2) is 4.89. The second-order valence-electron chi connectivity index (χ2n) is 3.88. The number of halogens is 1. The van der Waals surface area contributed by atoms with Crippen molar-refractivity contribution >= 4 is 38.2 Å². The molecule has 0 aliphatic heterocycles. The number of carbonyl (C=O) groups is 1. The quantitative estimate of drug-likeness (QED) is 0.777. The molecule has 0 amide bonds. The predicted octanol–water partition coefficient (Wildman–Crippen LogP) is 2.51. The lowest BCUT2D eigenvalue weighted by Crippen LogP contribution is -2.12. The molecule has 0 N–H and O–H groups in total. The van der Waals surface area contributed by atoms with Crippen LogP contribution in [0.1, 0.15) is 12.8 Å². The van der Waals surface area contributed by atoms with Gasteiger partial charge in [0.05, 0.1) is 10.6 Å². The molecule has 0 bridgehead atoms. The van der Waals surface area contributed by atoms with Gasteiger partial charge in [0.2, 0.25) is 0 Å². The number of allylic oxidation sites excluding steroid dienone is 1. The highest BCUT2D eigenvalue weighted by molar-refractivity contribution is 14.1. The zero-order valence-electron chi connectivity index (χ0n) is 9.02. The minimum atomic E-state index is -3.39. The molecule has 17 heavy (non-hydrogen) atoms. The van der Waals surface area contributed by atoms with Crippen LogP contribution in [-0.2, 0) is 14.6 Å². The fourth-order valence-electron chi connectivity index (χ4n) is 1.74. The molecule has 0 aromatic heterocycles. The van der Waals surface area contributed by atoms with Gasteiger partial charge < -0.3 is 0 Å². The molecular weight excluding hydrogens is 351 g/mol. The first-order valence-corrected chi connectivity index (χ1v) is 7.92. The molecule has 1 aliphatic carbocycles. The van der Waals surface area contributed by atoms with Crippen LogP contribution in [0.15, 0.2) is 44.4 Å². The molecule has 1 aliphatic rings. The van der Waals surface area contributed by atoms with E-state index in [4.69, 9.17) is 0 Å². The minimum Gasteiger partial charge on any atom is -0.294 e. The molecule has 0 saturated carbocycles. The molecule has 0 atom stereocenters. The van der Waals surface area contributed by atoms with Crippen LogP contribution in [0.3, 0.4) is 0 Å². The Morgan fingerprint density at radius 2 is 1.76 bits per heavy atom. The first-order chi connectivity index (χ1) is 8.00. The summed E-state index contributed by atoms with van der Waals surface area (Å²) in [6, 6.07) is 8.25. The predicted molar refractivity (Wildman–Crippen MR) is 73.8 cm³/mol. The maximum Gasteiger partial charge on any atom is 0.182 e. The van der Waals surface area contributed by atoms with Gasteiger partial charge in [0, 0.05) is 12.0 Å². The van der Waals surface area contributed by atoms with Crippen molar-refractivity contribution in [1.29, 1.82) is 0 Å². The molecule has 0 saturated heterocycles. The van der Waals surface area contributed by atoms with Gasteiger partial charge in [-0.2, -0.15) is 0 Å². The van der Waals surface area contributed by atoms with Gasteiger partial charge in [-0.3, -0.25) is 4.79 Å². The Morgan fingerprint density at radius 1 is 1.12 bits per heavy atom. The van der Waals surface area contributed by atoms with Gasteiger partial charge >= 0.3 is 0 Å². The third-order valence-electron chi connectivity index (χ3n) is 2.67. The van der Waals surface area contributed by atoms with Gasteiger partial charge in [-0.05, 0) is 44.7 Å². The van der Waals surface area contributed by atoms with E-state index in [0.717, 1.165) is 3.58 Å². The lowest BCUT2D eigenvalue weighted by molar-refractivity contribution is -0.114. The number of benzene rings is 1. The van der Waals surface area contributed by atoms with Gasteiger partial charge in [-0.1, -0.05) is 18.2 Å². The van der Waals surface area contributed by atoms with Crippen LogP contribution in [0.4, 0.5) is 0 Å². The largest absolute Gasteiger partial charge is 0.294 e. The number of Topliss-reactive ketones (excluding diaryl/α,β-unsaturated/α-hetero) is 1. The van der Waals surface area contributed by atoms with E-state index in [1.165, 1.54) is 0 Å². The lowest BCUT2D eigenvalue weighted by Gasteiger charge is -2.05. The normalized spacial score (nSPS) is 16.6. The maximum atomic E-state index is 12.1. The molecule has 3 nitrogen and oxygen atoms in total. The Balaban J connectivity index is 2.31. The highest BCUT2D eigenvalue weighted by Crippen LogP contribution is 2.30. The summed E-state index contributed by atoms with van der Waals surface area (Å²) in [5.41, 5.74) is 0.467. The Kier molecular flexibility index (Phi) is 3.67. The van der Waals surface area contributed by atoms with Crippen LogP contribution in [0.2, 0.25) is 0 Å². The van der Waals surface area contributed by atoms with Crippen molar-refractivity contribution in [3.05, 3.63) is 39.5 Å². The fraction of sp³-hybridized carbons (Fsp3) is 0.250. The van der Waals surface area contributed by atoms with Gasteiger partial charge in [0.15, 0.2) is 15.6 Å². The van der Waals surface area contributed by atoms with Crippen molar-refractivity contribution in [2.45, 2.75) is 17.7 Å². The molecule has 1 aromatic rings. The summed E-state index contributed by atoms with van der Waals surface area (Å²) in [4.78, 5) is 11.8. The van der Waals surface area contributed by atoms with Crippen LogP contribution in [0, 0.1) is 0 Å². The minimum absolute atomic E-state index is 0.0334. The summed E-state index contributed by atoms with van der Waals surface area (Å²) in [5, 5.41) is 0. The van der Waals surface area contributed by atoms with Crippen LogP contribution in [-0.4, -0.2) is 20.0 Å². The van der Waals surface area contributed by atoms with Crippen LogP contribution in [0.5, 0.6) is 0 Å². The van der Waals surface area contributed by atoms with E-state index in [-0.39, 0.29) is 16.4 Å². The molecule has 0 heterocycles. The van der Waals surface area contributed by atoms with Crippen LogP contribution >= 0.6 is 22.6 Å². The standard InChI is InChI=1S/C12H11IO3S/c13-11-6-7-12(14)10(11)8-17(15,16)9-4-2-1-3-5-9/h1-5H,6-8H2. The van der Waals surface area contributed by atoms with Gasteiger partial charge in [0.1, 0.15) is 0 Å². The van der Waals surface area contributed by atoms with Gasteiger partial charge in [0.25, 0.3) is 0 Å². The van der Waals surface area contributed by atoms with Gasteiger partial charge in [-0.15, -0.1) is 0 Å². The number of ketones is 1. The van der Waals surface area contributed by atoms with E-state index in [9.17, 15) is 13.2 Å². The molecule has 2 rings (SSSR count). The SMILES string of the molecule is O=C1CCC(I)=C1CS(=O)(=O)c1ccccc1. The molecule has 0 fully saturated rings. The average molecular weight is 362 g/mol. The summed E-state index contributed by atoms with van der Waals surface area (Å²) in [6.45, 7) is 0. The number of rotatable bonds is 3. The third-order valence-corrected chi connectivity index (χ3v) is 5.52. The summed E-state index contributed by atoms with van der Waals surface area (Å²) in [7, 11) is -3.39. The second-order valence-corrected chi connectivity index (χ2v) is 7.17. The Morgan fingerprint density at radius 3 is 2.29 bits per heavy atom. The third kappa shape index (κ3) is 2.77. The van der Waals surface area contributed by atoms with Crippen molar-refractivity contribution < 1.29 is 13.2 Å². The maximum absolute atomic E-state index is 12.1. The molecule has 90 valence electrons. The van der Waals surface area contributed by atoms with E-state index in [2.05, 4.69) is 22.6 Å². The highest BCUT2D eigenvalue weighted by atomic mass is 127. The first-order valence-electron chi connectivity index (χ1n) is 5.19. The zero-order chi connectivity index (χ0) is 12.5.